The second-order valence-electron chi connectivity index (χ2n) is 4.51. The Balaban J connectivity index is 2.36. The molecular formula is C14H14Cl2N2O2. The number of aromatic nitrogens is 2. The molecule has 106 valence electrons. The monoisotopic (exact) mass is 312 g/mol. The summed E-state index contributed by atoms with van der Waals surface area (Å²) in [6.45, 7) is 3.71. The van der Waals surface area contributed by atoms with E-state index in [1.165, 1.54) is 6.20 Å². The van der Waals surface area contributed by atoms with Gasteiger partial charge in [0.2, 0.25) is 0 Å². The van der Waals surface area contributed by atoms with E-state index >= 15 is 0 Å². The molecule has 2 aromatic rings. The van der Waals surface area contributed by atoms with E-state index in [1.54, 1.807) is 18.2 Å². The zero-order chi connectivity index (χ0) is 14.7. The maximum Gasteiger partial charge on any atom is 0.169 e. The molecule has 1 aromatic heterocycles. The molecule has 0 aliphatic rings. The molecule has 0 atom stereocenters. The molecule has 4 nitrogen and oxygen atoms in total. The molecule has 0 fully saturated rings. The van der Waals surface area contributed by atoms with Gasteiger partial charge < -0.3 is 9.84 Å². The van der Waals surface area contributed by atoms with E-state index in [0.29, 0.717) is 33.1 Å². The highest BCUT2D eigenvalue weighted by Crippen LogP contribution is 2.35. The van der Waals surface area contributed by atoms with Crippen molar-refractivity contribution in [2.45, 2.75) is 26.4 Å². The van der Waals surface area contributed by atoms with Crippen LogP contribution in [0.4, 0.5) is 0 Å². The lowest BCUT2D eigenvalue weighted by molar-refractivity contribution is 0.270. The molecule has 1 N–H and O–H groups in total. The molecule has 0 radical (unpaired) electrons. The molecule has 1 heterocycles. The summed E-state index contributed by atoms with van der Waals surface area (Å²) in [5, 5.41) is 10.1. The van der Waals surface area contributed by atoms with E-state index in [-0.39, 0.29) is 12.5 Å². The highest BCUT2D eigenvalue weighted by Gasteiger charge is 2.13. The van der Waals surface area contributed by atoms with Gasteiger partial charge in [0.05, 0.1) is 17.8 Å². The van der Waals surface area contributed by atoms with Crippen molar-refractivity contribution in [3.63, 3.8) is 0 Å². The van der Waals surface area contributed by atoms with Gasteiger partial charge in [0.25, 0.3) is 0 Å². The Kier molecular flexibility index (Phi) is 4.81. The van der Waals surface area contributed by atoms with Crippen molar-refractivity contribution in [3.05, 3.63) is 46.0 Å². The number of halogens is 2. The number of benzene rings is 1. The van der Waals surface area contributed by atoms with E-state index < -0.39 is 0 Å². The highest BCUT2D eigenvalue weighted by molar-refractivity contribution is 6.42. The Hall–Kier alpha value is -1.36. The first kappa shape index (κ1) is 15.0. The predicted octanol–water partition coefficient (Wildman–Crippen LogP) is 4.19. The molecule has 0 bridgehead atoms. The quantitative estimate of drug-likeness (QED) is 0.919. The van der Waals surface area contributed by atoms with Gasteiger partial charge in [-0.2, -0.15) is 0 Å². The summed E-state index contributed by atoms with van der Waals surface area (Å²) in [5.41, 5.74) is 0.416. The number of aliphatic hydroxyl groups is 1. The Bertz CT molecular complexity index is 618. The summed E-state index contributed by atoms with van der Waals surface area (Å²) in [4.78, 5) is 8.49. The van der Waals surface area contributed by atoms with Crippen molar-refractivity contribution in [2.24, 2.45) is 0 Å². The largest absolute Gasteiger partial charge is 0.452 e. The first-order valence-electron chi connectivity index (χ1n) is 6.11. The average molecular weight is 313 g/mol. The van der Waals surface area contributed by atoms with Crippen molar-refractivity contribution in [3.8, 4) is 11.5 Å². The maximum absolute atomic E-state index is 9.40. The number of rotatable bonds is 4. The molecular weight excluding hydrogens is 299 g/mol. The molecule has 0 unspecified atom stereocenters. The third-order valence-electron chi connectivity index (χ3n) is 2.65. The number of hydrogen-bond donors (Lipinski definition) is 1. The summed E-state index contributed by atoms with van der Waals surface area (Å²) in [6, 6.07) is 5.08. The van der Waals surface area contributed by atoms with Crippen LogP contribution in [0.15, 0.2) is 24.4 Å². The van der Waals surface area contributed by atoms with Crippen LogP contribution in [0.3, 0.4) is 0 Å². The van der Waals surface area contributed by atoms with Gasteiger partial charge in [0, 0.05) is 5.92 Å². The lowest BCUT2D eigenvalue weighted by atomic mass is 10.2. The SMILES string of the molecule is CC(C)c1ncc(Oc2cccc(Cl)c2Cl)c(CO)n1. The Morgan fingerprint density at radius 1 is 1.25 bits per heavy atom. The van der Waals surface area contributed by atoms with Gasteiger partial charge in [0.1, 0.15) is 22.3 Å². The molecule has 0 saturated heterocycles. The maximum atomic E-state index is 9.40. The summed E-state index contributed by atoms with van der Waals surface area (Å²) in [7, 11) is 0. The highest BCUT2D eigenvalue weighted by atomic mass is 35.5. The predicted molar refractivity (Wildman–Crippen MR) is 78.6 cm³/mol. The molecule has 0 amide bonds. The minimum Gasteiger partial charge on any atom is -0.452 e. The van der Waals surface area contributed by atoms with Gasteiger partial charge in [-0.15, -0.1) is 0 Å². The van der Waals surface area contributed by atoms with Crippen molar-refractivity contribution >= 4 is 23.2 Å². The topological polar surface area (TPSA) is 55.2 Å². The molecule has 2 rings (SSSR count). The molecule has 0 aliphatic heterocycles. The fourth-order valence-corrected chi connectivity index (χ4v) is 1.91. The molecule has 6 heteroatoms. The van der Waals surface area contributed by atoms with Crippen LogP contribution < -0.4 is 4.74 Å². The van der Waals surface area contributed by atoms with Gasteiger partial charge in [0.15, 0.2) is 5.75 Å². The van der Waals surface area contributed by atoms with Crippen LogP contribution >= 0.6 is 23.2 Å². The lowest BCUT2D eigenvalue weighted by Gasteiger charge is -2.12. The average Bonchev–Trinajstić information content (AvgIpc) is 2.44. The first-order chi connectivity index (χ1) is 9.52. The van der Waals surface area contributed by atoms with E-state index in [0.717, 1.165) is 0 Å². The van der Waals surface area contributed by atoms with Crippen molar-refractivity contribution < 1.29 is 9.84 Å². The molecule has 20 heavy (non-hydrogen) atoms. The van der Waals surface area contributed by atoms with Crippen LogP contribution in [0.5, 0.6) is 11.5 Å². The fraction of sp³-hybridized carbons (Fsp3) is 0.286. The molecule has 1 aromatic carbocycles. The normalized spacial score (nSPS) is 10.9. The standard InChI is InChI=1S/C14H14Cl2N2O2/c1-8(2)14-17-6-12(10(7-19)18-14)20-11-5-3-4-9(15)13(11)16/h3-6,8,19H,7H2,1-2H3. The van der Waals surface area contributed by atoms with Crippen LogP contribution in [-0.2, 0) is 6.61 Å². The van der Waals surface area contributed by atoms with Gasteiger partial charge in [-0.1, -0.05) is 43.1 Å². The zero-order valence-corrected chi connectivity index (χ0v) is 12.6. The van der Waals surface area contributed by atoms with Gasteiger partial charge in [-0.05, 0) is 12.1 Å². The van der Waals surface area contributed by atoms with Gasteiger partial charge >= 0.3 is 0 Å². The van der Waals surface area contributed by atoms with Gasteiger partial charge in [-0.25, -0.2) is 9.97 Å². The summed E-state index contributed by atoms with van der Waals surface area (Å²) >= 11 is 12.0. The van der Waals surface area contributed by atoms with Crippen LogP contribution in [-0.4, -0.2) is 15.1 Å². The molecule has 0 aliphatic carbocycles. The number of nitrogens with zero attached hydrogens (tertiary/aromatic N) is 2. The Morgan fingerprint density at radius 3 is 2.65 bits per heavy atom. The van der Waals surface area contributed by atoms with Crippen LogP contribution in [0.2, 0.25) is 10.0 Å². The van der Waals surface area contributed by atoms with Crippen molar-refractivity contribution in [2.75, 3.05) is 0 Å². The van der Waals surface area contributed by atoms with Crippen LogP contribution in [0.1, 0.15) is 31.3 Å². The fourth-order valence-electron chi connectivity index (χ4n) is 1.58. The summed E-state index contributed by atoms with van der Waals surface area (Å²) < 4.78 is 5.65. The molecule has 0 spiro atoms. The van der Waals surface area contributed by atoms with E-state index in [2.05, 4.69) is 9.97 Å². The Labute approximate surface area is 127 Å². The minimum atomic E-state index is -0.240. The number of hydrogen-bond acceptors (Lipinski definition) is 4. The smallest absolute Gasteiger partial charge is 0.169 e. The summed E-state index contributed by atoms with van der Waals surface area (Å²) in [5.74, 6) is 1.58. The Morgan fingerprint density at radius 2 is 2.00 bits per heavy atom. The zero-order valence-electron chi connectivity index (χ0n) is 11.1. The molecule has 0 saturated carbocycles. The van der Waals surface area contributed by atoms with Gasteiger partial charge in [-0.3, -0.25) is 0 Å². The summed E-state index contributed by atoms with van der Waals surface area (Å²) in [6.07, 6.45) is 1.53. The van der Waals surface area contributed by atoms with Crippen molar-refractivity contribution in [1.29, 1.82) is 0 Å². The third kappa shape index (κ3) is 3.20. The second-order valence-corrected chi connectivity index (χ2v) is 5.29. The number of aliphatic hydroxyl groups excluding tert-OH is 1. The van der Waals surface area contributed by atoms with E-state index in [1.807, 2.05) is 13.8 Å². The van der Waals surface area contributed by atoms with E-state index in [9.17, 15) is 5.11 Å². The third-order valence-corrected chi connectivity index (χ3v) is 3.45. The van der Waals surface area contributed by atoms with Crippen molar-refractivity contribution in [1.82, 2.24) is 9.97 Å². The van der Waals surface area contributed by atoms with E-state index in [4.69, 9.17) is 27.9 Å². The van der Waals surface area contributed by atoms with Crippen LogP contribution in [0, 0.1) is 0 Å². The lowest BCUT2D eigenvalue weighted by Crippen LogP contribution is -2.03. The number of ether oxygens (including phenoxy) is 1. The minimum absolute atomic E-state index is 0.170. The second kappa shape index (κ2) is 6.39. The van der Waals surface area contributed by atoms with Crippen LogP contribution in [0.25, 0.3) is 0 Å². The first-order valence-corrected chi connectivity index (χ1v) is 6.87.